The van der Waals surface area contributed by atoms with Crippen LogP contribution in [0.25, 0.3) is 0 Å². The Kier molecular flexibility index (Phi) is 1.47. The Hall–Kier alpha value is -0.920. The molecule has 0 radical (unpaired) electrons. The third-order valence-electron chi connectivity index (χ3n) is 3.27. The minimum atomic E-state index is -0.661. The second-order valence-corrected chi connectivity index (χ2v) is 3.97. The molecule has 2 nitrogen and oxygen atoms in total. The van der Waals surface area contributed by atoms with Crippen molar-refractivity contribution in [2.24, 2.45) is 11.3 Å². The van der Waals surface area contributed by atoms with Crippen LogP contribution in [0.15, 0.2) is 12.2 Å². The van der Waals surface area contributed by atoms with Crippen molar-refractivity contribution in [1.82, 2.24) is 0 Å². The third kappa shape index (κ3) is 0.808. The SMILES string of the molecule is C=C1C[C@]2(C=O)CC[C@H]1CC2=O. The maximum Gasteiger partial charge on any atom is 0.147 e. The number of rotatable bonds is 1. The second kappa shape index (κ2) is 2.28. The molecule has 0 amide bonds. The van der Waals surface area contributed by atoms with Gasteiger partial charge in [-0.1, -0.05) is 12.2 Å². The molecule has 2 atom stereocenters. The van der Waals surface area contributed by atoms with Crippen molar-refractivity contribution in [1.29, 1.82) is 0 Å². The highest BCUT2D eigenvalue weighted by molar-refractivity contribution is 6.00. The van der Waals surface area contributed by atoms with Gasteiger partial charge in [-0.15, -0.1) is 0 Å². The lowest BCUT2D eigenvalue weighted by atomic mass is 9.59. The fourth-order valence-corrected chi connectivity index (χ4v) is 2.35. The summed E-state index contributed by atoms with van der Waals surface area (Å²) >= 11 is 0. The van der Waals surface area contributed by atoms with Gasteiger partial charge in [0.1, 0.15) is 12.1 Å². The van der Waals surface area contributed by atoms with Gasteiger partial charge in [-0.25, -0.2) is 0 Å². The highest BCUT2D eigenvalue weighted by atomic mass is 16.1. The van der Waals surface area contributed by atoms with Crippen LogP contribution in [0.1, 0.15) is 25.7 Å². The number of ketones is 1. The summed E-state index contributed by atoms with van der Waals surface area (Å²) in [5.41, 5.74) is 0.444. The van der Waals surface area contributed by atoms with Crippen molar-refractivity contribution >= 4 is 12.1 Å². The molecule has 3 rings (SSSR count). The van der Waals surface area contributed by atoms with E-state index >= 15 is 0 Å². The van der Waals surface area contributed by atoms with Gasteiger partial charge >= 0.3 is 0 Å². The average molecular weight is 164 g/mol. The summed E-state index contributed by atoms with van der Waals surface area (Å²) in [6.07, 6.45) is 3.73. The topological polar surface area (TPSA) is 34.1 Å². The molecular formula is C10H12O2. The normalized spacial score (nSPS) is 40.2. The molecule has 0 N–H and O–H groups in total. The maximum atomic E-state index is 11.5. The molecule has 3 aliphatic carbocycles. The number of Topliss-reactive ketones (excluding diaryl/α,β-unsaturated/α-hetero) is 1. The standard InChI is InChI=1S/C10H12O2/c1-7-5-10(6-11)3-2-8(7)4-9(10)12/h6,8H,1-5H2/t8-,10-/m0/s1. The number of carbonyl (C=O) groups is 2. The Morgan fingerprint density at radius 2 is 2.33 bits per heavy atom. The van der Waals surface area contributed by atoms with Gasteiger partial charge in [0.15, 0.2) is 0 Å². The summed E-state index contributed by atoms with van der Waals surface area (Å²) in [5, 5.41) is 0. The van der Waals surface area contributed by atoms with Gasteiger partial charge in [-0.2, -0.15) is 0 Å². The molecule has 0 spiro atoms. The minimum Gasteiger partial charge on any atom is -0.302 e. The summed E-state index contributed by atoms with van der Waals surface area (Å²) < 4.78 is 0. The van der Waals surface area contributed by atoms with Crippen LogP contribution in [-0.2, 0) is 9.59 Å². The molecule has 3 saturated carbocycles. The number of fused-ring (bicyclic) bond motifs is 3. The van der Waals surface area contributed by atoms with Crippen LogP contribution in [0.4, 0.5) is 0 Å². The van der Waals surface area contributed by atoms with E-state index < -0.39 is 5.41 Å². The number of hydrogen-bond acceptors (Lipinski definition) is 2. The number of allylic oxidation sites excluding steroid dienone is 1. The zero-order chi connectivity index (χ0) is 8.77. The van der Waals surface area contributed by atoms with Crippen molar-refractivity contribution in [3.05, 3.63) is 12.2 Å². The lowest BCUT2D eigenvalue weighted by molar-refractivity contribution is -0.140. The minimum absolute atomic E-state index is 0.140. The first-order valence-corrected chi connectivity index (χ1v) is 4.35. The van der Waals surface area contributed by atoms with Crippen LogP contribution in [-0.4, -0.2) is 12.1 Å². The van der Waals surface area contributed by atoms with Gasteiger partial charge in [-0.3, -0.25) is 4.79 Å². The van der Waals surface area contributed by atoms with Crippen LogP contribution in [0.5, 0.6) is 0 Å². The van der Waals surface area contributed by atoms with E-state index in [1.165, 1.54) is 0 Å². The van der Waals surface area contributed by atoms with Gasteiger partial charge in [0.25, 0.3) is 0 Å². The molecule has 0 heterocycles. The highest BCUT2D eigenvalue weighted by Gasteiger charge is 2.48. The molecule has 0 saturated heterocycles. The first-order valence-electron chi connectivity index (χ1n) is 4.35. The second-order valence-electron chi connectivity index (χ2n) is 3.97. The van der Waals surface area contributed by atoms with E-state index in [0.717, 1.165) is 24.7 Å². The quantitative estimate of drug-likeness (QED) is 0.334. The fourth-order valence-electron chi connectivity index (χ4n) is 2.35. The van der Waals surface area contributed by atoms with Crippen molar-refractivity contribution < 1.29 is 9.59 Å². The number of aldehydes is 1. The lowest BCUT2D eigenvalue weighted by Crippen LogP contribution is -2.44. The molecule has 2 heteroatoms. The monoisotopic (exact) mass is 164 g/mol. The highest BCUT2D eigenvalue weighted by Crippen LogP contribution is 2.48. The molecule has 12 heavy (non-hydrogen) atoms. The first kappa shape index (κ1) is 7.71. The largest absolute Gasteiger partial charge is 0.302 e. The zero-order valence-electron chi connectivity index (χ0n) is 7.01. The molecule has 0 aromatic carbocycles. The van der Waals surface area contributed by atoms with Crippen molar-refractivity contribution in [2.75, 3.05) is 0 Å². The number of hydrogen-bond donors (Lipinski definition) is 0. The smallest absolute Gasteiger partial charge is 0.147 e. The van der Waals surface area contributed by atoms with Crippen LogP contribution < -0.4 is 0 Å². The van der Waals surface area contributed by atoms with E-state index in [1.807, 2.05) is 0 Å². The van der Waals surface area contributed by atoms with Gasteiger partial charge in [0.05, 0.1) is 5.41 Å². The molecular weight excluding hydrogens is 152 g/mol. The molecule has 2 bridgehead atoms. The van der Waals surface area contributed by atoms with Gasteiger partial charge in [0, 0.05) is 6.42 Å². The van der Waals surface area contributed by atoms with Crippen molar-refractivity contribution in [3.63, 3.8) is 0 Å². The Morgan fingerprint density at radius 1 is 1.58 bits per heavy atom. The Balaban J connectivity index is 2.37. The van der Waals surface area contributed by atoms with E-state index in [-0.39, 0.29) is 5.78 Å². The number of carbonyl (C=O) groups excluding carboxylic acids is 2. The van der Waals surface area contributed by atoms with E-state index in [4.69, 9.17) is 0 Å². The van der Waals surface area contributed by atoms with E-state index in [2.05, 4.69) is 6.58 Å². The van der Waals surface area contributed by atoms with Crippen LogP contribution in [0, 0.1) is 11.3 Å². The van der Waals surface area contributed by atoms with E-state index in [1.54, 1.807) is 0 Å². The van der Waals surface area contributed by atoms with Crippen LogP contribution in [0.2, 0.25) is 0 Å². The van der Waals surface area contributed by atoms with Crippen molar-refractivity contribution in [2.45, 2.75) is 25.7 Å². The third-order valence-corrected chi connectivity index (χ3v) is 3.27. The van der Waals surface area contributed by atoms with Gasteiger partial charge in [0.2, 0.25) is 0 Å². The molecule has 64 valence electrons. The molecule has 3 aliphatic rings. The van der Waals surface area contributed by atoms with Gasteiger partial charge in [-0.05, 0) is 25.2 Å². The van der Waals surface area contributed by atoms with Crippen LogP contribution >= 0.6 is 0 Å². The summed E-state index contributed by atoms with van der Waals surface area (Å²) in [5.74, 6) is 0.514. The molecule has 0 aromatic rings. The van der Waals surface area contributed by atoms with Crippen LogP contribution in [0.3, 0.4) is 0 Å². The maximum absolute atomic E-state index is 11.5. The Morgan fingerprint density at radius 3 is 2.75 bits per heavy atom. The van der Waals surface area contributed by atoms with Gasteiger partial charge < -0.3 is 4.79 Å². The van der Waals surface area contributed by atoms with E-state index in [9.17, 15) is 9.59 Å². The lowest BCUT2D eigenvalue weighted by Gasteiger charge is -2.42. The summed E-state index contributed by atoms with van der Waals surface area (Å²) in [4.78, 5) is 22.3. The Labute approximate surface area is 71.6 Å². The molecule has 0 aliphatic heterocycles. The predicted octanol–water partition coefficient (Wildman–Crippen LogP) is 1.50. The molecule has 0 aromatic heterocycles. The zero-order valence-corrected chi connectivity index (χ0v) is 7.01. The summed E-state index contributed by atoms with van der Waals surface area (Å²) in [6, 6.07) is 0. The summed E-state index contributed by atoms with van der Waals surface area (Å²) in [7, 11) is 0. The van der Waals surface area contributed by atoms with Crippen molar-refractivity contribution in [3.8, 4) is 0 Å². The molecule has 3 fully saturated rings. The molecule has 0 unspecified atom stereocenters. The first-order chi connectivity index (χ1) is 5.68. The Bertz CT molecular complexity index is 267. The average Bonchev–Trinajstić information content (AvgIpc) is 2.08. The fraction of sp³-hybridized carbons (Fsp3) is 0.600. The summed E-state index contributed by atoms with van der Waals surface area (Å²) in [6.45, 7) is 3.91. The van der Waals surface area contributed by atoms with E-state index in [0.29, 0.717) is 18.8 Å². The predicted molar refractivity (Wildman–Crippen MR) is 44.6 cm³/mol.